The molecule has 0 atom stereocenters. The molecule has 28 heavy (non-hydrogen) atoms. The van der Waals surface area contributed by atoms with Crippen molar-refractivity contribution in [1.82, 2.24) is 0 Å². The Labute approximate surface area is 163 Å². The number of rotatable bonds is 1. The second kappa shape index (κ2) is 5.49. The van der Waals surface area contributed by atoms with Gasteiger partial charge >= 0.3 is 0 Å². The van der Waals surface area contributed by atoms with Crippen molar-refractivity contribution in [1.29, 1.82) is 0 Å². The number of hydrogen-bond acceptors (Lipinski definition) is 2. The van der Waals surface area contributed by atoms with Gasteiger partial charge < -0.3 is 9.73 Å². The van der Waals surface area contributed by atoms with Crippen molar-refractivity contribution in [2.45, 2.75) is 12.3 Å². The molecule has 2 heteroatoms. The molecule has 5 aromatic rings. The third kappa shape index (κ3) is 1.92. The molecular weight excluding hydrogens is 342 g/mol. The molecule has 0 aliphatic carbocycles. The molecular formula is C26H19NO. The second-order valence-electron chi connectivity index (χ2n) is 7.62. The van der Waals surface area contributed by atoms with Gasteiger partial charge in [0.05, 0.1) is 5.41 Å². The third-order valence-electron chi connectivity index (χ3n) is 6.14. The Kier molecular flexibility index (Phi) is 3.05. The molecule has 6 rings (SSSR count). The molecule has 4 aromatic carbocycles. The van der Waals surface area contributed by atoms with Gasteiger partial charge in [0.15, 0.2) is 0 Å². The Morgan fingerprint density at radius 3 is 1.93 bits per heavy atom. The summed E-state index contributed by atoms with van der Waals surface area (Å²) in [6, 6.07) is 32.0. The van der Waals surface area contributed by atoms with E-state index in [-0.39, 0.29) is 5.41 Å². The molecule has 0 saturated heterocycles. The van der Waals surface area contributed by atoms with Gasteiger partial charge in [-0.25, -0.2) is 0 Å². The number of anilines is 2. The number of fused-ring (bicyclic) bond motifs is 5. The Morgan fingerprint density at radius 2 is 1.18 bits per heavy atom. The number of furan rings is 1. The van der Waals surface area contributed by atoms with E-state index < -0.39 is 0 Å². The lowest BCUT2D eigenvalue weighted by Gasteiger charge is -2.39. The summed E-state index contributed by atoms with van der Waals surface area (Å²) in [5, 5.41) is 5.94. The highest BCUT2D eigenvalue weighted by Gasteiger charge is 2.40. The molecule has 0 unspecified atom stereocenters. The van der Waals surface area contributed by atoms with Gasteiger partial charge in [-0.3, -0.25) is 0 Å². The zero-order chi connectivity index (χ0) is 18.7. The van der Waals surface area contributed by atoms with E-state index >= 15 is 0 Å². The van der Waals surface area contributed by atoms with E-state index in [1.165, 1.54) is 27.5 Å². The fourth-order valence-corrected chi connectivity index (χ4v) is 4.78. The van der Waals surface area contributed by atoms with Crippen molar-refractivity contribution in [3.05, 3.63) is 108 Å². The fourth-order valence-electron chi connectivity index (χ4n) is 4.78. The van der Waals surface area contributed by atoms with E-state index in [4.69, 9.17) is 4.42 Å². The molecule has 0 fully saturated rings. The molecule has 0 radical (unpaired) electrons. The predicted octanol–water partition coefficient (Wildman–Crippen LogP) is 7.00. The lowest BCUT2D eigenvalue weighted by Crippen LogP contribution is -2.30. The van der Waals surface area contributed by atoms with Crippen LogP contribution in [-0.2, 0) is 5.41 Å². The summed E-state index contributed by atoms with van der Waals surface area (Å²) in [7, 11) is 0. The highest BCUT2D eigenvalue weighted by atomic mass is 16.3. The van der Waals surface area contributed by atoms with Crippen LogP contribution in [0.5, 0.6) is 0 Å². The smallest absolute Gasteiger partial charge is 0.139 e. The SMILES string of the molecule is CC1(c2cccc3c2oc2ccccc23)c2ccccc2Nc2ccccc21. The summed E-state index contributed by atoms with van der Waals surface area (Å²) < 4.78 is 6.41. The van der Waals surface area contributed by atoms with Crippen LogP contribution in [0.4, 0.5) is 11.4 Å². The van der Waals surface area contributed by atoms with Crippen LogP contribution in [0.1, 0.15) is 23.6 Å². The molecule has 1 aliphatic heterocycles. The highest BCUT2D eigenvalue weighted by Crippen LogP contribution is 2.51. The maximum Gasteiger partial charge on any atom is 0.139 e. The molecule has 2 heterocycles. The van der Waals surface area contributed by atoms with E-state index in [9.17, 15) is 0 Å². The third-order valence-corrected chi connectivity index (χ3v) is 6.14. The summed E-state index contributed by atoms with van der Waals surface area (Å²) in [4.78, 5) is 0. The topological polar surface area (TPSA) is 25.2 Å². The first kappa shape index (κ1) is 15.5. The van der Waals surface area contributed by atoms with Crippen LogP contribution in [0.25, 0.3) is 21.9 Å². The number of hydrogen-bond donors (Lipinski definition) is 1. The van der Waals surface area contributed by atoms with Crippen LogP contribution in [-0.4, -0.2) is 0 Å². The van der Waals surface area contributed by atoms with Crippen molar-refractivity contribution in [3.63, 3.8) is 0 Å². The van der Waals surface area contributed by atoms with Crippen molar-refractivity contribution in [3.8, 4) is 0 Å². The summed E-state index contributed by atoms with van der Waals surface area (Å²) in [5.41, 5.74) is 7.62. The monoisotopic (exact) mass is 361 g/mol. The largest absolute Gasteiger partial charge is 0.456 e. The Hall–Kier alpha value is -3.52. The van der Waals surface area contributed by atoms with Gasteiger partial charge in [0.25, 0.3) is 0 Å². The van der Waals surface area contributed by atoms with Gasteiger partial charge in [0, 0.05) is 27.7 Å². The quantitative estimate of drug-likeness (QED) is 0.348. The normalized spacial score (nSPS) is 14.5. The van der Waals surface area contributed by atoms with Gasteiger partial charge in [-0.05, 0) is 36.2 Å². The van der Waals surface area contributed by atoms with Crippen LogP contribution in [0.15, 0.2) is 95.4 Å². The van der Waals surface area contributed by atoms with E-state index in [0.29, 0.717) is 0 Å². The molecule has 0 spiro atoms. The first-order chi connectivity index (χ1) is 13.8. The van der Waals surface area contributed by atoms with E-state index in [0.717, 1.165) is 22.5 Å². The Morgan fingerprint density at radius 1 is 0.607 bits per heavy atom. The van der Waals surface area contributed by atoms with Gasteiger partial charge in [-0.2, -0.15) is 0 Å². The number of nitrogens with one attached hydrogen (secondary N) is 1. The Bertz CT molecular complexity index is 1320. The average Bonchev–Trinajstić information content (AvgIpc) is 3.13. The van der Waals surface area contributed by atoms with Crippen molar-refractivity contribution in [2.24, 2.45) is 0 Å². The van der Waals surface area contributed by atoms with Gasteiger partial charge in [-0.1, -0.05) is 72.8 Å². The maximum atomic E-state index is 6.41. The minimum Gasteiger partial charge on any atom is -0.456 e. The van der Waals surface area contributed by atoms with Gasteiger partial charge in [0.1, 0.15) is 11.2 Å². The van der Waals surface area contributed by atoms with Crippen LogP contribution in [0.3, 0.4) is 0 Å². The average molecular weight is 361 g/mol. The number of benzene rings is 4. The zero-order valence-corrected chi connectivity index (χ0v) is 15.6. The second-order valence-corrected chi connectivity index (χ2v) is 7.62. The highest BCUT2D eigenvalue weighted by molar-refractivity contribution is 6.06. The Balaban J connectivity index is 1.76. The lowest BCUT2D eigenvalue weighted by molar-refractivity contribution is 0.631. The van der Waals surface area contributed by atoms with Crippen molar-refractivity contribution in [2.75, 3.05) is 5.32 Å². The fraction of sp³-hybridized carbons (Fsp3) is 0.0769. The molecule has 0 bridgehead atoms. The summed E-state index contributed by atoms with van der Waals surface area (Å²) in [6.45, 7) is 2.31. The summed E-state index contributed by atoms with van der Waals surface area (Å²) in [5.74, 6) is 0. The molecule has 0 amide bonds. The van der Waals surface area contributed by atoms with Crippen molar-refractivity contribution < 1.29 is 4.42 Å². The molecule has 1 aromatic heterocycles. The lowest BCUT2D eigenvalue weighted by atomic mass is 9.68. The minimum atomic E-state index is -0.314. The maximum absolute atomic E-state index is 6.41. The summed E-state index contributed by atoms with van der Waals surface area (Å²) in [6.07, 6.45) is 0. The van der Waals surface area contributed by atoms with E-state index in [2.05, 4.69) is 91.1 Å². The van der Waals surface area contributed by atoms with Gasteiger partial charge in [0.2, 0.25) is 0 Å². The van der Waals surface area contributed by atoms with Crippen LogP contribution in [0, 0.1) is 0 Å². The van der Waals surface area contributed by atoms with Crippen molar-refractivity contribution >= 4 is 33.3 Å². The number of para-hydroxylation sites is 4. The van der Waals surface area contributed by atoms with Crippen LogP contribution >= 0.6 is 0 Å². The van der Waals surface area contributed by atoms with Gasteiger partial charge in [-0.15, -0.1) is 0 Å². The van der Waals surface area contributed by atoms with E-state index in [1.807, 2.05) is 12.1 Å². The zero-order valence-electron chi connectivity index (χ0n) is 15.6. The standard InChI is InChI=1S/C26H19NO/c1-26(19-11-3-5-14-22(19)27-23-15-6-4-12-20(23)26)21-13-8-10-18-17-9-2-7-16-24(17)28-25(18)21/h2-16,27H,1H3. The van der Waals surface area contributed by atoms with E-state index in [1.54, 1.807) is 0 Å². The molecule has 1 N–H and O–H groups in total. The molecule has 0 saturated carbocycles. The molecule has 134 valence electrons. The summed E-state index contributed by atoms with van der Waals surface area (Å²) >= 11 is 0. The van der Waals surface area contributed by atoms with Crippen LogP contribution in [0.2, 0.25) is 0 Å². The molecule has 1 aliphatic rings. The predicted molar refractivity (Wildman–Crippen MR) is 115 cm³/mol. The minimum absolute atomic E-state index is 0.314. The first-order valence-corrected chi connectivity index (χ1v) is 9.63. The molecule has 2 nitrogen and oxygen atoms in total. The van der Waals surface area contributed by atoms with Crippen LogP contribution < -0.4 is 5.32 Å². The first-order valence-electron chi connectivity index (χ1n) is 9.63.